The lowest BCUT2D eigenvalue weighted by Crippen LogP contribution is -2.18. The summed E-state index contributed by atoms with van der Waals surface area (Å²) < 4.78 is 15.3. The highest BCUT2D eigenvalue weighted by Gasteiger charge is 2.27. The van der Waals surface area contributed by atoms with Crippen LogP contribution in [0.5, 0.6) is 5.75 Å². The first-order valence-corrected chi connectivity index (χ1v) is 6.41. The fraction of sp³-hybridized carbons (Fsp3) is 0.312. The van der Waals surface area contributed by atoms with Crippen LogP contribution >= 0.6 is 0 Å². The summed E-state index contributed by atoms with van der Waals surface area (Å²) in [5.41, 5.74) is 3.12. The van der Waals surface area contributed by atoms with Gasteiger partial charge in [-0.25, -0.2) is 4.79 Å². The molecular weight excluding hydrogens is 272 g/mol. The molecule has 0 aliphatic carbocycles. The van der Waals surface area contributed by atoms with Gasteiger partial charge in [0.05, 0.1) is 13.7 Å². The molecule has 1 unspecified atom stereocenters. The van der Waals surface area contributed by atoms with Crippen molar-refractivity contribution in [2.45, 2.75) is 20.0 Å². The molecule has 5 heteroatoms. The van der Waals surface area contributed by atoms with Gasteiger partial charge in [-0.2, -0.15) is 0 Å². The van der Waals surface area contributed by atoms with E-state index in [9.17, 15) is 9.59 Å². The molecule has 0 aliphatic rings. The van der Waals surface area contributed by atoms with Gasteiger partial charge in [0, 0.05) is 12.5 Å². The third-order valence-corrected chi connectivity index (χ3v) is 2.63. The van der Waals surface area contributed by atoms with Crippen LogP contribution < -0.4 is 4.74 Å². The number of hydrogen-bond donors (Lipinski definition) is 0. The fourth-order valence-electron chi connectivity index (χ4n) is 1.74. The van der Waals surface area contributed by atoms with Crippen LogP contribution in [0.15, 0.2) is 42.1 Å². The van der Waals surface area contributed by atoms with Gasteiger partial charge in [0.1, 0.15) is 11.3 Å². The first-order chi connectivity index (χ1) is 10.0. The highest BCUT2D eigenvalue weighted by atomic mass is 16.6. The Kier molecular flexibility index (Phi) is 6.24. The average Bonchev–Trinajstić information content (AvgIpc) is 2.47. The first-order valence-electron chi connectivity index (χ1n) is 6.41. The van der Waals surface area contributed by atoms with Gasteiger partial charge in [-0.05, 0) is 19.1 Å². The van der Waals surface area contributed by atoms with Gasteiger partial charge >= 0.3 is 11.9 Å². The van der Waals surface area contributed by atoms with Crippen LogP contribution in [0.4, 0.5) is 0 Å². The van der Waals surface area contributed by atoms with Crippen LogP contribution in [0, 0.1) is 0 Å². The number of hydrogen-bond acceptors (Lipinski definition) is 5. The Morgan fingerprint density at radius 3 is 2.62 bits per heavy atom. The highest BCUT2D eigenvalue weighted by molar-refractivity contribution is 5.90. The van der Waals surface area contributed by atoms with Crippen LogP contribution in [0.25, 0.3) is 0 Å². The summed E-state index contributed by atoms with van der Waals surface area (Å²) in [4.78, 5) is 23.3. The van der Waals surface area contributed by atoms with E-state index in [1.165, 1.54) is 14.0 Å². The van der Waals surface area contributed by atoms with Crippen molar-refractivity contribution in [3.05, 3.63) is 47.7 Å². The maximum Gasteiger partial charge on any atom is 0.346 e. The SMILES string of the molecule is C=C=C(C(=O)OCC)C(OC(C)=O)c1cccc(OC)c1. The molecule has 0 bridgehead atoms. The zero-order chi connectivity index (χ0) is 15.8. The molecule has 0 N–H and O–H groups in total. The number of carbonyl (C=O) groups excluding carboxylic acids is 2. The summed E-state index contributed by atoms with van der Waals surface area (Å²) in [7, 11) is 1.52. The van der Waals surface area contributed by atoms with E-state index in [1.807, 2.05) is 0 Å². The molecule has 1 rings (SSSR count). The van der Waals surface area contributed by atoms with Gasteiger partial charge < -0.3 is 14.2 Å². The summed E-state index contributed by atoms with van der Waals surface area (Å²) in [6.07, 6.45) is -0.936. The molecule has 0 amide bonds. The molecule has 0 fully saturated rings. The van der Waals surface area contributed by atoms with E-state index in [0.717, 1.165) is 0 Å². The minimum Gasteiger partial charge on any atom is -0.497 e. The molecule has 0 aromatic heterocycles. The maximum absolute atomic E-state index is 11.9. The lowest BCUT2D eigenvalue weighted by Gasteiger charge is -2.18. The van der Waals surface area contributed by atoms with E-state index >= 15 is 0 Å². The number of benzene rings is 1. The normalized spacial score (nSPS) is 11.0. The topological polar surface area (TPSA) is 61.8 Å². The smallest absolute Gasteiger partial charge is 0.346 e. The largest absolute Gasteiger partial charge is 0.497 e. The van der Waals surface area contributed by atoms with Crippen molar-refractivity contribution in [3.63, 3.8) is 0 Å². The molecule has 5 nitrogen and oxygen atoms in total. The lowest BCUT2D eigenvalue weighted by atomic mass is 10.0. The first kappa shape index (κ1) is 16.5. The number of ether oxygens (including phenoxy) is 3. The second-order valence-electron chi connectivity index (χ2n) is 4.08. The Hall–Kier alpha value is -2.52. The Labute approximate surface area is 123 Å². The second-order valence-corrected chi connectivity index (χ2v) is 4.08. The second kappa shape index (κ2) is 7.92. The van der Waals surface area contributed by atoms with Crippen molar-refractivity contribution >= 4 is 11.9 Å². The number of esters is 2. The monoisotopic (exact) mass is 290 g/mol. The van der Waals surface area contributed by atoms with Gasteiger partial charge in [0.15, 0.2) is 6.10 Å². The van der Waals surface area contributed by atoms with Crippen molar-refractivity contribution < 1.29 is 23.8 Å². The number of carbonyl (C=O) groups is 2. The van der Waals surface area contributed by atoms with E-state index in [1.54, 1.807) is 31.2 Å². The molecule has 112 valence electrons. The molecule has 0 saturated carbocycles. The molecule has 21 heavy (non-hydrogen) atoms. The van der Waals surface area contributed by atoms with Crippen molar-refractivity contribution in [3.8, 4) is 5.75 Å². The van der Waals surface area contributed by atoms with Gasteiger partial charge in [0.25, 0.3) is 0 Å². The molecule has 0 aliphatic heterocycles. The third kappa shape index (κ3) is 4.51. The molecule has 1 aromatic carbocycles. The van der Waals surface area contributed by atoms with Crippen LogP contribution in [0.3, 0.4) is 0 Å². The Bertz CT molecular complexity index is 570. The highest BCUT2D eigenvalue weighted by Crippen LogP contribution is 2.29. The van der Waals surface area contributed by atoms with Gasteiger partial charge in [0.2, 0.25) is 0 Å². The van der Waals surface area contributed by atoms with Crippen LogP contribution in [-0.4, -0.2) is 25.7 Å². The Balaban J connectivity index is 3.23. The minimum atomic E-state index is -0.936. The Morgan fingerprint density at radius 2 is 2.10 bits per heavy atom. The quantitative estimate of drug-likeness (QED) is 0.458. The predicted octanol–water partition coefficient (Wildman–Crippen LogP) is 2.57. The molecule has 1 atom stereocenters. The van der Waals surface area contributed by atoms with Crippen molar-refractivity contribution in [1.29, 1.82) is 0 Å². The summed E-state index contributed by atoms with van der Waals surface area (Å²) in [6.45, 7) is 6.63. The molecular formula is C16H18O5. The van der Waals surface area contributed by atoms with Crippen molar-refractivity contribution in [2.75, 3.05) is 13.7 Å². The van der Waals surface area contributed by atoms with E-state index in [2.05, 4.69) is 12.3 Å². The molecule has 0 radical (unpaired) electrons. The third-order valence-electron chi connectivity index (χ3n) is 2.63. The van der Waals surface area contributed by atoms with E-state index in [0.29, 0.717) is 11.3 Å². The van der Waals surface area contributed by atoms with Crippen molar-refractivity contribution in [1.82, 2.24) is 0 Å². The number of methoxy groups -OCH3 is 1. The standard InChI is InChI=1S/C16H18O5/c1-5-14(16(18)20-6-2)15(21-11(3)17)12-8-7-9-13(10-12)19-4/h7-10,15H,1,6H2,2-4H3. The maximum atomic E-state index is 11.9. The van der Waals surface area contributed by atoms with E-state index in [4.69, 9.17) is 14.2 Å². The van der Waals surface area contributed by atoms with Gasteiger partial charge in [-0.1, -0.05) is 18.7 Å². The fourth-order valence-corrected chi connectivity index (χ4v) is 1.74. The Morgan fingerprint density at radius 1 is 1.38 bits per heavy atom. The zero-order valence-electron chi connectivity index (χ0n) is 12.3. The lowest BCUT2D eigenvalue weighted by molar-refractivity contribution is -0.147. The van der Waals surface area contributed by atoms with Crippen LogP contribution in [-0.2, 0) is 19.1 Å². The summed E-state index contributed by atoms with van der Waals surface area (Å²) >= 11 is 0. The molecule has 0 heterocycles. The van der Waals surface area contributed by atoms with Gasteiger partial charge in [-0.15, -0.1) is 5.73 Å². The van der Waals surface area contributed by atoms with E-state index in [-0.39, 0.29) is 12.2 Å². The average molecular weight is 290 g/mol. The molecule has 0 saturated heterocycles. The van der Waals surface area contributed by atoms with Crippen molar-refractivity contribution in [2.24, 2.45) is 0 Å². The zero-order valence-corrected chi connectivity index (χ0v) is 12.3. The summed E-state index contributed by atoms with van der Waals surface area (Å²) in [5.74, 6) is -0.571. The molecule has 1 aromatic rings. The summed E-state index contributed by atoms with van der Waals surface area (Å²) in [6, 6.07) is 6.86. The predicted molar refractivity (Wildman–Crippen MR) is 76.8 cm³/mol. The van der Waals surface area contributed by atoms with E-state index < -0.39 is 18.0 Å². The van der Waals surface area contributed by atoms with Gasteiger partial charge in [-0.3, -0.25) is 4.79 Å². The molecule has 0 spiro atoms. The van der Waals surface area contributed by atoms with Crippen LogP contribution in [0.2, 0.25) is 0 Å². The minimum absolute atomic E-state index is 0.0419. The number of rotatable bonds is 6. The van der Waals surface area contributed by atoms with Crippen LogP contribution in [0.1, 0.15) is 25.5 Å². The summed E-state index contributed by atoms with van der Waals surface area (Å²) in [5, 5.41) is 0.